The van der Waals surface area contributed by atoms with Gasteiger partial charge in [0.15, 0.2) is 0 Å². The van der Waals surface area contributed by atoms with Gasteiger partial charge in [-0.25, -0.2) is 0 Å². The highest BCUT2D eigenvalue weighted by molar-refractivity contribution is 5.93. The number of pyridine rings is 1. The molecule has 0 radical (unpaired) electrons. The van der Waals surface area contributed by atoms with Crippen molar-refractivity contribution in [1.82, 2.24) is 9.88 Å². The van der Waals surface area contributed by atoms with Gasteiger partial charge in [0.25, 0.3) is 5.91 Å². The van der Waals surface area contributed by atoms with Gasteiger partial charge in [-0.2, -0.15) is 0 Å². The number of aromatic nitrogens is 1. The van der Waals surface area contributed by atoms with Crippen molar-refractivity contribution < 1.29 is 9.90 Å². The normalized spacial score (nSPS) is 18.6. The van der Waals surface area contributed by atoms with Crippen molar-refractivity contribution in [1.29, 1.82) is 0 Å². The summed E-state index contributed by atoms with van der Waals surface area (Å²) in [5, 5.41) is 12.1. The Balaban J connectivity index is 2.01. The van der Waals surface area contributed by atoms with Gasteiger partial charge in [0, 0.05) is 38.1 Å². The number of aliphatic hydroxyl groups excluding tert-OH is 1. The fourth-order valence-corrected chi connectivity index (χ4v) is 2.46. The third-order valence-electron chi connectivity index (χ3n) is 3.47. The Kier molecular flexibility index (Phi) is 4.74. The zero-order valence-electron chi connectivity index (χ0n) is 11.3. The highest BCUT2D eigenvalue weighted by Crippen LogP contribution is 2.21. The van der Waals surface area contributed by atoms with Gasteiger partial charge in [-0.3, -0.25) is 9.78 Å². The summed E-state index contributed by atoms with van der Waals surface area (Å²) in [4.78, 5) is 18.3. The van der Waals surface area contributed by atoms with E-state index in [-0.39, 0.29) is 12.5 Å². The molecule has 1 aromatic rings. The van der Waals surface area contributed by atoms with E-state index >= 15 is 0 Å². The van der Waals surface area contributed by atoms with Crippen LogP contribution in [0.4, 0.5) is 5.69 Å². The lowest BCUT2D eigenvalue weighted by Gasteiger charge is -2.16. The van der Waals surface area contributed by atoms with Crippen molar-refractivity contribution >= 4 is 11.6 Å². The first kappa shape index (κ1) is 13.8. The molecule has 0 aromatic carbocycles. The van der Waals surface area contributed by atoms with Crippen LogP contribution in [0, 0.1) is 5.92 Å². The number of amides is 1. The first-order chi connectivity index (χ1) is 9.24. The number of rotatable bonds is 5. The molecule has 0 aliphatic carbocycles. The van der Waals surface area contributed by atoms with Crippen LogP contribution in [0.15, 0.2) is 18.3 Å². The number of hydrogen-bond donors (Lipinski definition) is 2. The number of hydrogen-bond acceptors (Lipinski definition) is 4. The molecule has 1 saturated heterocycles. The summed E-state index contributed by atoms with van der Waals surface area (Å²) >= 11 is 0. The Bertz CT molecular complexity index is 436. The monoisotopic (exact) mass is 263 g/mol. The minimum Gasteiger partial charge on any atom is -0.396 e. The van der Waals surface area contributed by atoms with Gasteiger partial charge >= 0.3 is 0 Å². The van der Waals surface area contributed by atoms with Crippen LogP contribution < -0.4 is 5.32 Å². The van der Waals surface area contributed by atoms with Crippen molar-refractivity contribution in [3.63, 3.8) is 0 Å². The van der Waals surface area contributed by atoms with Gasteiger partial charge in [0.1, 0.15) is 5.69 Å². The van der Waals surface area contributed by atoms with E-state index in [1.165, 1.54) is 0 Å². The Morgan fingerprint density at radius 3 is 3.21 bits per heavy atom. The van der Waals surface area contributed by atoms with E-state index in [1.54, 1.807) is 12.3 Å². The van der Waals surface area contributed by atoms with E-state index in [2.05, 4.69) is 10.3 Å². The largest absolute Gasteiger partial charge is 0.396 e. The van der Waals surface area contributed by atoms with E-state index < -0.39 is 0 Å². The smallest absolute Gasteiger partial charge is 0.272 e. The SMILES string of the molecule is CCNc1ccnc(C(=O)N2CCC(CCO)C2)c1. The number of carbonyl (C=O) groups excluding carboxylic acids is 1. The average molecular weight is 263 g/mol. The minimum absolute atomic E-state index is 0.0137. The van der Waals surface area contributed by atoms with Gasteiger partial charge < -0.3 is 15.3 Å². The summed E-state index contributed by atoms with van der Waals surface area (Å²) in [6.07, 6.45) is 3.40. The van der Waals surface area contributed by atoms with Gasteiger partial charge in [0.2, 0.25) is 0 Å². The molecule has 0 bridgehead atoms. The minimum atomic E-state index is -0.0137. The first-order valence-corrected chi connectivity index (χ1v) is 6.84. The lowest BCUT2D eigenvalue weighted by Crippen LogP contribution is -2.29. The van der Waals surface area contributed by atoms with Crippen LogP contribution in [0.25, 0.3) is 0 Å². The van der Waals surface area contributed by atoms with Crippen molar-refractivity contribution in [2.24, 2.45) is 5.92 Å². The van der Waals surface area contributed by atoms with E-state index in [4.69, 9.17) is 5.11 Å². The molecule has 0 saturated carbocycles. The Morgan fingerprint density at radius 2 is 2.47 bits per heavy atom. The maximum Gasteiger partial charge on any atom is 0.272 e. The molecule has 1 atom stereocenters. The molecular weight excluding hydrogens is 242 g/mol. The zero-order valence-corrected chi connectivity index (χ0v) is 11.3. The number of aliphatic hydroxyl groups is 1. The maximum atomic E-state index is 12.3. The molecule has 104 valence electrons. The summed E-state index contributed by atoms with van der Waals surface area (Å²) in [5.74, 6) is 0.408. The van der Waals surface area contributed by atoms with Crippen LogP contribution in [0.3, 0.4) is 0 Å². The first-order valence-electron chi connectivity index (χ1n) is 6.84. The number of likely N-dealkylation sites (tertiary alicyclic amines) is 1. The van der Waals surface area contributed by atoms with Crippen LogP contribution in [-0.2, 0) is 0 Å². The molecular formula is C14H21N3O2. The van der Waals surface area contributed by atoms with Crippen LogP contribution >= 0.6 is 0 Å². The summed E-state index contributed by atoms with van der Waals surface area (Å²) in [5.41, 5.74) is 1.41. The molecule has 1 aliphatic rings. The van der Waals surface area contributed by atoms with E-state index in [9.17, 15) is 4.79 Å². The molecule has 5 nitrogen and oxygen atoms in total. The second-order valence-corrected chi connectivity index (χ2v) is 4.88. The second-order valence-electron chi connectivity index (χ2n) is 4.88. The molecule has 2 heterocycles. The summed E-state index contributed by atoms with van der Waals surface area (Å²) < 4.78 is 0. The highest BCUT2D eigenvalue weighted by Gasteiger charge is 2.27. The molecule has 1 aliphatic heterocycles. The molecule has 2 rings (SSSR count). The standard InChI is InChI=1S/C14H21N3O2/c1-2-15-12-3-6-16-13(9-12)14(19)17-7-4-11(10-17)5-8-18/h3,6,9,11,18H,2,4-5,7-8,10H2,1H3,(H,15,16). The van der Waals surface area contributed by atoms with Gasteiger partial charge in [0.05, 0.1) is 0 Å². The lowest BCUT2D eigenvalue weighted by atomic mass is 10.1. The molecule has 19 heavy (non-hydrogen) atoms. The predicted octanol–water partition coefficient (Wildman–Crippen LogP) is 1.36. The summed E-state index contributed by atoms with van der Waals surface area (Å²) in [7, 11) is 0. The number of nitrogens with zero attached hydrogens (tertiary/aromatic N) is 2. The van der Waals surface area contributed by atoms with E-state index in [0.29, 0.717) is 11.6 Å². The van der Waals surface area contributed by atoms with Gasteiger partial charge in [-0.1, -0.05) is 0 Å². The fraction of sp³-hybridized carbons (Fsp3) is 0.571. The average Bonchev–Trinajstić information content (AvgIpc) is 2.88. The molecule has 5 heteroatoms. The topological polar surface area (TPSA) is 65.5 Å². The summed E-state index contributed by atoms with van der Waals surface area (Å²) in [6, 6.07) is 3.66. The van der Waals surface area contributed by atoms with E-state index in [0.717, 1.165) is 38.2 Å². The van der Waals surface area contributed by atoms with Crippen molar-refractivity contribution in [3.05, 3.63) is 24.0 Å². The predicted molar refractivity (Wildman–Crippen MR) is 74.1 cm³/mol. The Labute approximate surface area is 113 Å². The molecule has 2 N–H and O–H groups in total. The van der Waals surface area contributed by atoms with Crippen molar-refractivity contribution in [2.45, 2.75) is 19.8 Å². The Hall–Kier alpha value is -1.62. The fourth-order valence-electron chi connectivity index (χ4n) is 2.46. The number of carbonyl (C=O) groups is 1. The Morgan fingerprint density at radius 1 is 1.63 bits per heavy atom. The zero-order chi connectivity index (χ0) is 13.7. The van der Waals surface area contributed by atoms with E-state index in [1.807, 2.05) is 17.9 Å². The third kappa shape index (κ3) is 3.44. The van der Waals surface area contributed by atoms with Crippen LogP contribution in [0.1, 0.15) is 30.3 Å². The molecule has 1 aromatic heterocycles. The van der Waals surface area contributed by atoms with Crippen LogP contribution in [0.2, 0.25) is 0 Å². The van der Waals surface area contributed by atoms with Crippen LogP contribution in [-0.4, -0.2) is 47.1 Å². The van der Waals surface area contributed by atoms with Crippen molar-refractivity contribution in [3.8, 4) is 0 Å². The number of nitrogens with one attached hydrogen (secondary N) is 1. The summed E-state index contributed by atoms with van der Waals surface area (Å²) in [6.45, 7) is 4.52. The molecule has 1 unspecified atom stereocenters. The quantitative estimate of drug-likeness (QED) is 0.842. The highest BCUT2D eigenvalue weighted by atomic mass is 16.3. The number of anilines is 1. The second kappa shape index (κ2) is 6.52. The molecule has 1 amide bonds. The lowest BCUT2D eigenvalue weighted by molar-refractivity contribution is 0.0779. The third-order valence-corrected chi connectivity index (χ3v) is 3.47. The van der Waals surface area contributed by atoms with Crippen LogP contribution in [0.5, 0.6) is 0 Å². The van der Waals surface area contributed by atoms with Gasteiger partial charge in [-0.15, -0.1) is 0 Å². The van der Waals surface area contributed by atoms with Gasteiger partial charge in [-0.05, 0) is 37.8 Å². The molecule has 1 fully saturated rings. The maximum absolute atomic E-state index is 12.3. The van der Waals surface area contributed by atoms with Crippen molar-refractivity contribution in [2.75, 3.05) is 31.6 Å². The molecule has 0 spiro atoms.